The summed E-state index contributed by atoms with van der Waals surface area (Å²) in [7, 11) is 0. The Morgan fingerprint density at radius 2 is 2.04 bits per heavy atom. The highest BCUT2D eigenvalue weighted by atomic mass is 16.5. The van der Waals surface area contributed by atoms with E-state index < -0.39 is 0 Å². The number of benzene rings is 1. The molecule has 7 heteroatoms. The fourth-order valence-electron chi connectivity index (χ4n) is 3.39. The summed E-state index contributed by atoms with van der Waals surface area (Å²) in [4.78, 5) is 26.3. The van der Waals surface area contributed by atoms with Crippen LogP contribution in [0.2, 0.25) is 0 Å². The third kappa shape index (κ3) is 4.93. The van der Waals surface area contributed by atoms with Crippen LogP contribution in [0.25, 0.3) is 11.5 Å². The van der Waals surface area contributed by atoms with Gasteiger partial charge in [-0.3, -0.25) is 9.59 Å². The Morgan fingerprint density at radius 1 is 1.26 bits per heavy atom. The van der Waals surface area contributed by atoms with Gasteiger partial charge in [0.05, 0.1) is 6.61 Å². The van der Waals surface area contributed by atoms with E-state index in [2.05, 4.69) is 10.2 Å². The third-order valence-corrected chi connectivity index (χ3v) is 4.77. The van der Waals surface area contributed by atoms with E-state index >= 15 is 0 Å². The lowest BCUT2D eigenvalue weighted by atomic mass is 9.93. The molecule has 1 aromatic carbocycles. The van der Waals surface area contributed by atoms with Crippen molar-refractivity contribution in [2.24, 2.45) is 5.92 Å². The van der Waals surface area contributed by atoms with E-state index in [-0.39, 0.29) is 11.9 Å². The van der Waals surface area contributed by atoms with Gasteiger partial charge in [0, 0.05) is 37.6 Å². The summed E-state index contributed by atoms with van der Waals surface area (Å²) in [5.41, 5.74) is 1.43. The molecule has 0 aliphatic carbocycles. The van der Waals surface area contributed by atoms with Gasteiger partial charge in [0.1, 0.15) is 0 Å². The number of piperidine rings is 1. The molecule has 144 valence electrons. The zero-order valence-electron chi connectivity index (χ0n) is 15.8. The van der Waals surface area contributed by atoms with Gasteiger partial charge < -0.3 is 14.1 Å². The molecule has 3 rings (SSSR count). The molecule has 1 aliphatic heterocycles. The number of likely N-dealkylation sites (tertiary alicyclic amines) is 1. The highest BCUT2D eigenvalue weighted by Crippen LogP contribution is 2.24. The molecule has 1 amide bonds. The number of carbonyl (C=O) groups is 2. The first-order chi connectivity index (χ1) is 13.1. The molecule has 1 aromatic heterocycles. The number of nitrogens with zero attached hydrogens (tertiary/aromatic N) is 3. The highest BCUT2D eigenvalue weighted by Gasteiger charge is 2.25. The highest BCUT2D eigenvalue weighted by molar-refractivity contribution is 5.94. The van der Waals surface area contributed by atoms with Crippen molar-refractivity contribution in [2.45, 2.75) is 39.5 Å². The van der Waals surface area contributed by atoms with E-state index in [0.717, 1.165) is 31.4 Å². The maximum atomic E-state index is 12.8. The number of carbonyl (C=O) groups excluding carboxylic acids is 2. The summed E-state index contributed by atoms with van der Waals surface area (Å²) in [5.74, 6) is 1.15. The van der Waals surface area contributed by atoms with Gasteiger partial charge in [0.2, 0.25) is 11.8 Å². The molecule has 0 radical (unpaired) electrons. The quantitative estimate of drug-likeness (QED) is 0.725. The number of ether oxygens (including phenoxy) is 1. The SMILES string of the molecule is CCOC(=O)CC[C@H]1CCCN(C(=O)c2ccc(-c3nnc(C)o3)cc2)C1. The Labute approximate surface area is 158 Å². The molecule has 1 saturated heterocycles. The van der Waals surface area contributed by atoms with E-state index in [1.165, 1.54) is 0 Å². The maximum Gasteiger partial charge on any atom is 0.305 e. The predicted octanol–water partition coefficient (Wildman–Crippen LogP) is 3.24. The Bertz CT molecular complexity index is 785. The molecule has 0 N–H and O–H groups in total. The molecule has 7 nitrogen and oxygen atoms in total. The van der Waals surface area contributed by atoms with Crippen LogP contribution in [0.15, 0.2) is 28.7 Å². The number of aryl methyl sites for hydroxylation is 1. The maximum absolute atomic E-state index is 12.8. The first kappa shape index (κ1) is 19.1. The van der Waals surface area contributed by atoms with Crippen molar-refractivity contribution in [3.05, 3.63) is 35.7 Å². The lowest BCUT2D eigenvalue weighted by Crippen LogP contribution is -2.40. The predicted molar refractivity (Wildman–Crippen MR) is 99.0 cm³/mol. The second kappa shape index (κ2) is 8.79. The molecular weight excluding hydrogens is 346 g/mol. The molecule has 27 heavy (non-hydrogen) atoms. The third-order valence-electron chi connectivity index (χ3n) is 4.77. The monoisotopic (exact) mass is 371 g/mol. The Balaban J connectivity index is 1.58. The van der Waals surface area contributed by atoms with Crippen LogP contribution in [-0.4, -0.2) is 46.7 Å². The lowest BCUT2D eigenvalue weighted by molar-refractivity contribution is -0.143. The van der Waals surface area contributed by atoms with Gasteiger partial charge in [-0.2, -0.15) is 0 Å². The normalized spacial score (nSPS) is 17.0. The van der Waals surface area contributed by atoms with Crippen LogP contribution in [0, 0.1) is 12.8 Å². The summed E-state index contributed by atoms with van der Waals surface area (Å²) < 4.78 is 10.4. The van der Waals surface area contributed by atoms with Crippen LogP contribution in [0.1, 0.15) is 48.9 Å². The van der Waals surface area contributed by atoms with Crippen LogP contribution in [0.4, 0.5) is 0 Å². The van der Waals surface area contributed by atoms with E-state index in [1.54, 1.807) is 19.1 Å². The van der Waals surface area contributed by atoms with E-state index in [9.17, 15) is 9.59 Å². The van der Waals surface area contributed by atoms with Crippen LogP contribution in [0.3, 0.4) is 0 Å². The van der Waals surface area contributed by atoms with Gasteiger partial charge >= 0.3 is 5.97 Å². The largest absolute Gasteiger partial charge is 0.466 e. The summed E-state index contributed by atoms with van der Waals surface area (Å²) in [6, 6.07) is 7.23. The van der Waals surface area contributed by atoms with Gasteiger partial charge in [-0.25, -0.2) is 0 Å². The smallest absolute Gasteiger partial charge is 0.305 e. The Hall–Kier alpha value is -2.70. The number of hydrogen-bond acceptors (Lipinski definition) is 6. The topological polar surface area (TPSA) is 85.5 Å². The molecule has 0 saturated carbocycles. The summed E-state index contributed by atoms with van der Waals surface area (Å²) in [6.45, 7) is 5.39. The fourth-order valence-corrected chi connectivity index (χ4v) is 3.39. The van der Waals surface area contributed by atoms with Gasteiger partial charge in [-0.05, 0) is 56.4 Å². The van der Waals surface area contributed by atoms with Gasteiger partial charge in [0.25, 0.3) is 5.91 Å². The number of aromatic nitrogens is 2. The van der Waals surface area contributed by atoms with Crippen molar-refractivity contribution >= 4 is 11.9 Å². The summed E-state index contributed by atoms with van der Waals surface area (Å²) >= 11 is 0. The number of hydrogen-bond donors (Lipinski definition) is 0. The average molecular weight is 371 g/mol. The van der Waals surface area contributed by atoms with Crippen molar-refractivity contribution in [2.75, 3.05) is 19.7 Å². The van der Waals surface area contributed by atoms with Crippen molar-refractivity contribution in [1.82, 2.24) is 15.1 Å². The number of rotatable bonds is 6. The zero-order valence-corrected chi connectivity index (χ0v) is 15.8. The minimum atomic E-state index is -0.159. The number of amides is 1. The first-order valence-electron chi connectivity index (χ1n) is 9.42. The van der Waals surface area contributed by atoms with Crippen LogP contribution in [-0.2, 0) is 9.53 Å². The summed E-state index contributed by atoms with van der Waals surface area (Å²) in [6.07, 6.45) is 3.17. The summed E-state index contributed by atoms with van der Waals surface area (Å²) in [5, 5.41) is 7.81. The molecule has 1 aliphatic rings. The molecule has 0 spiro atoms. The van der Waals surface area contributed by atoms with Gasteiger partial charge in [-0.1, -0.05) is 0 Å². The van der Waals surface area contributed by atoms with E-state index in [0.29, 0.717) is 42.8 Å². The molecular formula is C20H25N3O4. The average Bonchev–Trinajstić information content (AvgIpc) is 3.13. The number of esters is 1. The Morgan fingerprint density at radius 3 is 2.70 bits per heavy atom. The Kier molecular flexibility index (Phi) is 6.21. The molecule has 0 bridgehead atoms. The van der Waals surface area contributed by atoms with Gasteiger partial charge in [0.15, 0.2) is 0 Å². The minimum Gasteiger partial charge on any atom is -0.466 e. The second-order valence-electron chi connectivity index (χ2n) is 6.81. The van der Waals surface area contributed by atoms with Gasteiger partial charge in [-0.15, -0.1) is 10.2 Å². The van der Waals surface area contributed by atoms with Crippen molar-refractivity contribution < 1.29 is 18.7 Å². The second-order valence-corrected chi connectivity index (χ2v) is 6.81. The van der Waals surface area contributed by atoms with Crippen LogP contribution >= 0.6 is 0 Å². The standard InChI is InChI=1S/C20H25N3O4/c1-3-26-18(24)11-6-15-5-4-12-23(13-15)20(25)17-9-7-16(8-10-17)19-22-21-14(2)27-19/h7-10,15H,3-6,11-13H2,1-2H3/t15-/m1/s1. The fraction of sp³-hybridized carbons (Fsp3) is 0.500. The first-order valence-corrected chi connectivity index (χ1v) is 9.42. The molecule has 2 heterocycles. The lowest BCUT2D eigenvalue weighted by Gasteiger charge is -2.32. The van der Waals surface area contributed by atoms with Crippen LogP contribution in [0.5, 0.6) is 0 Å². The van der Waals surface area contributed by atoms with Crippen LogP contribution < -0.4 is 0 Å². The van der Waals surface area contributed by atoms with E-state index in [4.69, 9.17) is 9.15 Å². The van der Waals surface area contributed by atoms with E-state index in [1.807, 2.05) is 24.0 Å². The van der Waals surface area contributed by atoms with Crippen molar-refractivity contribution in [3.8, 4) is 11.5 Å². The minimum absolute atomic E-state index is 0.0177. The molecule has 2 aromatic rings. The van der Waals surface area contributed by atoms with Crippen molar-refractivity contribution in [3.63, 3.8) is 0 Å². The molecule has 0 unspecified atom stereocenters. The van der Waals surface area contributed by atoms with Crippen molar-refractivity contribution in [1.29, 1.82) is 0 Å². The molecule has 1 atom stereocenters. The molecule has 1 fully saturated rings. The zero-order chi connectivity index (χ0) is 19.2.